The number of carbonyl (C=O) groups excluding carboxylic acids is 2. The highest BCUT2D eigenvalue weighted by molar-refractivity contribution is 6.06. The van der Waals surface area contributed by atoms with E-state index in [-0.39, 0.29) is 0 Å². The van der Waals surface area contributed by atoms with Crippen LogP contribution in [0.25, 0.3) is 10.9 Å². The first-order valence-electron chi connectivity index (χ1n) is 10.5. The maximum Gasteiger partial charge on any atom is 0.340 e. The van der Waals surface area contributed by atoms with Gasteiger partial charge < -0.3 is 15.0 Å². The number of hydrogen-bond donors (Lipinski definition) is 1. The molecule has 4 rings (SSSR count). The molecular weight excluding hydrogens is 392 g/mol. The van der Waals surface area contributed by atoms with Gasteiger partial charge >= 0.3 is 5.97 Å². The van der Waals surface area contributed by atoms with Gasteiger partial charge in [0.25, 0.3) is 5.91 Å². The second kappa shape index (κ2) is 8.81. The molecule has 0 saturated heterocycles. The first-order valence-corrected chi connectivity index (χ1v) is 10.5. The first-order chi connectivity index (χ1) is 15.0. The summed E-state index contributed by atoms with van der Waals surface area (Å²) in [5.41, 5.74) is 4.07. The molecule has 3 aromatic rings. The van der Waals surface area contributed by atoms with Gasteiger partial charge in [0.2, 0.25) is 0 Å². The van der Waals surface area contributed by atoms with Gasteiger partial charge in [-0.1, -0.05) is 31.2 Å². The number of carbonyl (C=O) groups is 2. The van der Waals surface area contributed by atoms with E-state index >= 15 is 0 Å². The normalized spacial score (nSPS) is 14.7. The number of aromatic nitrogens is 2. The van der Waals surface area contributed by atoms with E-state index < -0.39 is 18.0 Å². The molecule has 3 heterocycles. The van der Waals surface area contributed by atoms with Crippen LogP contribution < -0.4 is 5.32 Å². The fraction of sp³-hybridized carbons (Fsp3) is 0.333. The lowest BCUT2D eigenvalue weighted by Gasteiger charge is -2.27. The Morgan fingerprint density at radius 2 is 2.03 bits per heavy atom. The van der Waals surface area contributed by atoms with Crippen LogP contribution in [0.15, 0.2) is 42.6 Å². The van der Waals surface area contributed by atoms with E-state index in [0.717, 1.165) is 40.7 Å². The molecule has 1 aromatic carbocycles. The van der Waals surface area contributed by atoms with Gasteiger partial charge in [0.05, 0.1) is 11.1 Å². The lowest BCUT2D eigenvalue weighted by atomic mass is 9.96. The molecule has 7 heteroatoms. The van der Waals surface area contributed by atoms with E-state index in [1.807, 2.05) is 51.2 Å². The summed E-state index contributed by atoms with van der Waals surface area (Å²) in [4.78, 5) is 37.2. The average molecular weight is 418 g/mol. The third-order valence-electron chi connectivity index (χ3n) is 5.52. The molecule has 7 nitrogen and oxygen atoms in total. The number of fused-ring (bicyclic) bond motifs is 2. The van der Waals surface area contributed by atoms with Gasteiger partial charge in [-0.2, -0.15) is 0 Å². The van der Waals surface area contributed by atoms with E-state index in [2.05, 4.69) is 15.2 Å². The molecule has 160 valence electrons. The predicted molar refractivity (Wildman–Crippen MR) is 119 cm³/mol. The Morgan fingerprint density at radius 3 is 2.77 bits per heavy atom. The maximum atomic E-state index is 13.3. The van der Waals surface area contributed by atoms with Gasteiger partial charge in [-0.05, 0) is 38.1 Å². The summed E-state index contributed by atoms with van der Waals surface area (Å²) in [7, 11) is 2.02. The number of ether oxygens (including phenoxy) is 1. The number of likely N-dealkylation sites (N-methyl/N-ethyl adjacent to an activating group) is 1. The van der Waals surface area contributed by atoms with Crippen molar-refractivity contribution in [2.75, 3.05) is 18.9 Å². The highest BCUT2D eigenvalue weighted by atomic mass is 16.5. The Kier molecular flexibility index (Phi) is 5.95. The molecule has 0 spiro atoms. The quantitative estimate of drug-likeness (QED) is 0.639. The minimum Gasteiger partial charge on any atom is -0.449 e. The summed E-state index contributed by atoms with van der Waals surface area (Å²) in [5, 5.41) is 3.48. The van der Waals surface area contributed by atoms with Crippen molar-refractivity contribution in [1.82, 2.24) is 14.9 Å². The van der Waals surface area contributed by atoms with Crippen LogP contribution in [0, 0.1) is 6.92 Å². The molecule has 0 fully saturated rings. The van der Waals surface area contributed by atoms with E-state index in [4.69, 9.17) is 9.72 Å². The molecule has 0 radical (unpaired) electrons. The van der Waals surface area contributed by atoms with E-state index in [1.165, 1.54) is 0 Å². The Bertz CT molecular complexity index is 1130. The van der Waals surface area contributed by atoms with Crippen molar-refractivity contribution in [3.05, 3.63) is 65.0 Å². The third kappa shape index (κ3) is 4.41. The Labute approximate surface area is 181 Å². The highest BCUT2D eigenvalue weighted by Crippen LogP contribution is 2.29. The number of anilines is 1. The smallest absolute Gasteiger partial charge is 0.340 e. The second-order valence-electron chi connectivity index (χ2n) is 7.93. The first kappa shape index (κ1) is 20.9. The number of esters is 1. The number of nitrogens with zero attached hydrogens (tertiary/aromatic N) is 3. The fourth-order valence-corrected chi connectivity index (χ4v) is 3.82. The van der Waals surface area contributed by atoms with Crippen molar-refractivity contribution in [3.8, 4) is 0 Å². The van der Waals surface area contributed by atoms with Crippen molar-refractivity contribution in [2.24, 2.45) is 0 Å². The fourth-order valence-electron chi connectivity index (χ4n) is 3.82. The van der Waals surface area contributed by atoms with Crippen LogP contribution in [0.2, 0.25) is 0 Å². The molecule has 1 aliphatic rings. The monoisotopic (exact) mass is 418 g/mol. The Balaban J connectivity index is 1.63. The lowest BCUT2D eigenvalue weighted by Crippen LogP contribution is -2.34. The molecule has 0 saturated carbocycles. The van der Waals surface area contributed by atoms with Gasteiger partial charge in [-0.3, -0.25) is 9.78 Å². The predicted octanol–water partition coefficient (Wildman–Crippen LogP) is 3.50. The number of benzene rings is 1. The highest BCUT2D eigenvalue weighted by Gasteiger charge is 2.29. The van der Waals surface area contributed by atoms with Crippen LogP contribution in [0.1, 0.15) is 40.5 Å². The molecule has 0 aliphatic carbocycles. The second-order valence-corrected chi connectivity index (χ2v) is 7.93. The summed E-state index contributed by atoms with van der Waals surface area (Å²) >= 11 is 0. The largest absolute Gasteiger partial charge is 0.449 e. The van der Waals surface area contributed by atoms with Gasteiger partial charge in [0.15, 0.2) is 6.10 Å². The molecule has 1 amide bonds. The summed E-state index contributed by atoms with van der Waals surface area (Å²) in [6, 6.07) is 11.2. The van der Waals surface area contributed by atoms with Crippen LogP contribution in [0.5, 0.6) is 0 Å². The molecular formula is C24H26N4O3. The van der Waals surface area contributed by atoms with Crippen LogP contribution in [-0.2, 0) is 22.5 Å². The van der Waals surface area contributed by atoms with E-state index in [1.54, 1.807) is 12.3 Å². The number of rotatable bonds is 5. The zero-order chi connectivity index (χ0) is 22.0. The summed E-state index contributed by atoms with van der Waals surface area (Å²) in [5.74, 6) is -0.459. The number of hydrogen-bond acceptors (Lipinski definition) is 6. The molecule has 1 atom stereocenters. The molecule has 1 unspecified atom stereocenters. The van der Waals surface area contributed by atoms with Crippen LogP contribution in [0.3, 0.4) is 0 Å². The third-order valence-corrected chi connectivity index (χ3v) is 5.52. The Hall–Kier alpha value is -3.32. The number of para-hydroxylation sites is 1. The van der Waals surface area contributed by atoms with Crippen LogP contribution in [0.4, 0.5) is 5.82 Å². The van der Waals surface area contributed by atoms with Gasteiger partial charge in [-0.25, -0.2) is 9.78 Å². The number of amides is 1. The minimum absolute atomic E-state index is 0.356. The summed E-state index contributed by atoms with van der Waals surface area (Å²) < 4.78 is 5.73. The Morgan fingerprint density at radius 1 is 1.23 bits per heavy atom. The molecule has 31 heavy (non-hydrogen) atoms. The molecule has 1 N–H and O–H groups in total. The van der Waals surface area contributed by atoms with Crippen LogP contribution in [-0.4, -0.2) is 46.4 Å². The molecule has 0 bridgehead atoms. The average Bonchev–Trinajstić information content (AvgIpc) is 2.77. The number of nitrogens with one attached hydrogen (secondary N) is 1. The van der Waals surface area contributed by atoms with Crippen molar-refractivity contribution in [1.29, 1.82) is 0 Å². The van der Waals surface area contributed by atoms with Crippen molar-refractivity contribution in [2.45, 2.75) is 39.3 Å². The molecule has 1 aliphatic heterocycles. The standard InChI is InChI=1S/C24H26N4O3/c1-4-20(23(29)27-21-10-9-15(2)13-25-21)31-24(30)22-16-7-5-6-8-18(16)26-19-11-12-28(3)14-17(19)22/h5-10,13,20H,4,11-12,14H2,1-3H3,(H,25,27,29). The number of pyridine rings is 2. The minimum atomic E-state index is -0.917. The van der Waals surface area contributed by atoms with Crippen molar-refractivity contribution < 1.29 is 14.3 Å². The topological polar surface area (TPSA) is 84.4 Å². The number of aryl methyl sites for hydroxylation is 1. The summed E-state index contributed by atoms with van der Waals surface area (Å²) in [6.45, 7) is 5.24. The van der Waals surface area contributed by atoms with Gasteiger partial charge in [0.1, 0.15) is 5.82 Å². The van der Waals surface area contributed by atoms with Crippen LogP contribution >= 0.6 is 0 Å². The van der Waals surface area contributed by atoms with E-state index in [0.29, 0.717) is 24.3 Å². The maximum absolute atomic E-state index is 13.3. The summed E-state index contributed by atoms with van der Waals surface area (Å²) in [6.07, 6.45) is 1.89. The van der Waals surface area contributed by atoms with E-state index in [9.17, 15) is 9.59 Å². The van der Waals surface area contributed by atoms with Crippen molar-refractivity contribution >= 4 is 28.6 Å². The lowest BCUT2D eigenvalue weighted by molar-refractivity contribution is -0.124. The zero-order valence-corrected chi connectivity index (χ0v) is 18.0. The van der Waals surface area contributed by atoms with Crippen molar-refractivity contribution in [3.63, 3.8) is 0 Å². The zero-order valence-electron chi connectivity index (χ0n) is 18.0. The van der Waals surface area contributed by atoms with Gasteiger partial charge in [0, 0.05) is 42.4 Å². The van der Waals surface area contributed by atoms with Gasteiger partial charge in [-0.15, -0.1) is 0 Å². The molecule has 2 aromatic heterocycles. The SMILES string of the molecule is CCC(OC(=O)c1c2c(nc3ccccc13)CCN(C)C2)C(=O)Nc1ccc(C)cn1.